The zero-order valence-electron chi connectivity index (χ0n) is 9.84. The molecule has 1 amide bonds. The van der Waals surface area contributed by atoms with Crippen LogP contribution in [-0.4, -0.2) is 25.0 Å². The van der Waals surface area contributed by atoms with Crippen LogP contribution in [-0.2, 0) is 4.79 Å². The summed E-state index contributed by atoms with van der Waals surface area (Å²) in [4.78, 5) is 11.1. The van der Waals surface area contributed by atoms with Gasteiger partial charge in [-0.3, -0.25) is 4.79 Å². The van der Waals surface area contributed by atoms with Crippen LogP contribution in [0.25, 0.3) is 0 Å². The first-order valence-corrected chi connectivity index (χ1v) is 5.43. The average molecular weight is 211 g/mol. The number of hydrogen-bond acceptors (Lipinski definition) is 3. The number of nitriles is 1. The van der Waals surface area contributed by atoms with Gasteiger partial charge in [0, 0.05) is 6.04 Å². The smallest absolute Gasteiger partial charge is 0.234 e. The minimum atomic E-state index is -0.118. The van der Waals surface area contributed by atoms with Crippen molar-refractivity contribution in [1.29, 1.82) is 5.26 Å². The van der Waals surface area contributed by atoms with Gasteiger partial charge in [-0.1, -0.05) is 13.8 Å². The van der Waals surface area contributed by atoms with Crippen molar-refractivity contribution in [3.63, 3.8) is 0 Å². The molecule has 0 spiro atoms. The Hall–Kier alpha value is -1.08. The van der Waals surface area contributed by atoms with Gasteiger partial charge in [0.05, 0.1) is 12.6 Å². The van der Waals surface area contributed by atoms with E-state index < -0.39 is 0 Å². The van der Waals surface area contributed by atoms with Gasteiger partial charge in [0.2, 0.25) is 5.91 Å². The summed E-state index contributed by atoms with van der Waals surface area (Å²) in [5, 5.41) is 13.9. The van der Waals surface area contributed by atoms with E-state index in [0.717, 1.165) is 12.8 Å². The standard InChI is InChI=1S/C11H21N3O/c1-9(2)4-5-10(3)14-8-11(15)13-7-6-12/h9-10,14H,4-5,7-8H2,1-3H3,(H,13,15). The minimum absolute atomic E-state index is 0.0842. The summed E-state index contributed by atoms with van der Waals surface area (Å²) in [5.74, 6) is 0.578. The van der Waals surface area contributed by atoms with Crippen LogP contribution in [0.3, 0.4) is 0 Å². The van der Waals surface area contributed by atoms with Gasteiger partial charge in [0.25, 0.3) is 0 Å². The first-order chi connectivity index (χ1) is 7.06. The second-order valence-electron chi connectivity index (χ2n) is 4.19. The van der Waals surface area contributed by atoms with Crippen molar-refractivity contribution in [1.82, 2.24) is 10.6 Å². The normalized spacial score (nSPS) is 12.2. The third kappa shape index (κ3) is 9.23. The summed E-state index contributed by atoms with van der Waals surface area (Å²) in [6, 6.07) is 2.21. The first kappa shape index (κ1) is 13.9. The molecule has 0 aromatic heterocycles. The van der Waals surface area contributed by atoms with Gasteiger partial charge in [-0.15, -0.1) is 0 Å². The highest BCUT2D eigenvalue weighted by Gasteiger charge is 2.05. The fourth-order valence-electron chi connectivity index (χ4n) is 1.15. The Morgan fingerprint density at radius 3 is 2.53 bits per heavy atom. The minimum Gasteiger partial charge on any atom is -0.342 e. The summed E-state index contributed by atoms with van der Waals surface area (Å²) in [6.45, 7) is 6.82. The number of rotatable bonds is 7. The molecule has 0 saturated carbocycles. The molecule has 0 saturated heterocycles. The molecule has 0 fully saturated rings. The number of nitrogens with zero attached hydrogens (tertiary/aromatic N) is 1. The van der Waals surface area contributed by atoms with Gasteiger partial charge in [0.15, 0.2) is 0 Å². The lowest BCUT2D eigenvalue weighted by molar-refractivity contribution is -0.120. The van der Waals surface area contributed by atoms with Gasteiger partial charge < -0.3 is 10.6 Å². The lowest BCUT2D eigenvalue weighted by Gasteiger charge is -2.14. The largest absolute Gasteiger partial charge is 0.342 e. The van der Waals surface area contributed by atoms with Crippen LogP contribution in [0.15, 0.2) is 0 Å². The predicted molar refractivity (Wildman–Crippen MR) is 60.2 cm³/mol. The summed E-state index contributed by atoms with van der Waals surface area (Å²) in [6.07, 6.45) is 2.23. The molecule has 0 bridgehead atoms. The van der Waals surface area contributed by atoms with Crippen LogP contribution in [0.2, 0.25) is 0 Å². The summed E-state index contributed by atoms with van der Waals surface area (Å²) < 4.78 is 0. The molecule has 0 aromatic carbocycles. The zero-order chi connectivity index (χ0) is 11.7. The van der Waals surface area contributed by atoms with E-state index in [-0.39, 0.29) is 12.5 Å². The molecule has 4 heteroatoms. The maximum Gasteiger partial charge on any atom is 0.234 e. The Kier molecular flexibility index (Phi) is 7.65. The summed E-state index contributed by atoms with van der Waals surface area (Å²) in [7, 11) is 0. The lowest BCUT2D eigenvalue weighted by Crippen LogP contribution is -2.38. The van der Waals surface area contributed by atoms with Crippen LogP contribution in [0.4, 0.5) is 0 Å². The number of amides is 1. The Morgan fingerprint density at radius 2 is 2.00 bits per heavy atom. The fourth-order valence-corrected chi connectivity index (χ4v) is 1.15. The highest BCUT2D eigenvalue weighted by Crippen LogP contribution is 2.05. The molecule has 15 heavy (non-hydrogen) atoms. The number of hydrogen-bond donors (Lipinski definition) is 2. The Bertz CT molecular complexity index is 220. The highest BCUT2D eigenvalue weighted by atomic mass is 16.1. The van der Waals surface area contributed by atoms with Gasteiger partial charge in [0.1, 0.15) is 6.54 Å². The molecule has 0 rings (SSSR count). The summed E-state index contributed by atoms with van der Waals surface area (Å²) in [5.41, 5.74) is 0. The predicted octanol–water partition coefficient (Wildman–Crippen LogP) is 1.04. The van der Waals surface area contributed by atoms with Crippen molar-refractivity contribution < 1.29 is 4.79 Å². The van der Waals surface area contributed by atoms with Crippen molar-refractivity contribution >= 4 is 5.91 Å². The third-order valence-corrected chi connectivity index (χ3v) is 2.15. The van der Waals surface area contributed by atoms with E-state index in [0.29, 0.717) is 18.5 Å². The molecular weight excluding hydrogens is 190 g/mol. The van der Waals surface area contributed by atoms with E-state index in [1.165, 1.54) is 0 Å². The number of carbonyl (C=O) groups excluding carboxylic acids is 1. The van der Waals surface area contributed by atoms with Crippen LogP contribution >= 0.6 is 0 Å². The topological polar surface area (TPSA) is 64.9 Å². The molecule has 1 atom stereocenters. The van der Waals surface area contributed by atoms with Crippen molar-refractivity contribution in [2.24, 2.45) is 5.92 Å². The second kappa shape index (κ2) is 8.25. The van der Waals surface area contributed by atoms with E-state index in [1.807, 2.05) is 6.07 Å². The average Bonchev–Trinajstić information content (AvgIpc) is 2.20. The second-order valence-corrected chi connectivity index (χ2v) is 4.19. The third-order valence-electron chi connectivity index (χ3n) is 2.15. The van der Waals surface area contributed by atoms with Crippen LogP contribution < -0.4 is 10.6 Å². The van der Waals surface area contributed by atoms with Crippen LogP contribution in [0.1, 0.15) is 33.6 Å². The van der Waals surface area contributed by atoms with E-state index >= 15 is 0 Å². The molecule has 0 heterocycles. The lowest BCUT2D eigenvalue weighted by atomic mass is 10.0. The maximum atomic E-state index is 11.1. The molecule has 0 aliphatic heterocycles. The molecule has 0 aliphatic carbocycles. The fraction of sp³-hybridized carbons (Fsp3) is 0.818. The Labute approximate surface area is 92.0 Å². The molecule has 86 valence electrons. The van der Waals surface area contributed by atoms with Crippen LogP contribution in [0, 0.1) is 17.2 Å². The number of nitrogens with one attached hydrogen (secondary N) is 2. The van der Waals surface area contributed by atoms with E-state index in [2.05, 4.69) is 31.4 Å². The van der Waals surface area contributed by atoms with Crippen molar-refractivity contribution in [3.8, 4) is 6.07 Å². The van der Waals surface area contributed by atoms with E-state index in [4.69, 9.17) is 5.26 Å². The monoisotopic (exact) mass is 211 g/mol. The molecule has 2 N–H and O–H groups in total. The highest BCUT2D eigenvalue weighted by molar-refractivity contribution is 5.78. The Morgan fingerprint density at radius 1 is 1.33 bits per heavy atom. The molecule has 0 aliphatic rings. The van der Waals surface area contributed by atoms with Gasteiger partial charge in [-0.05, 0) is 25.7 Å². The van der Waals surface area contributed by atoms with Crippen molar-refractivity contribution in [2.75, 3.05) is 13.1 Å². The quantitative estimate of drug-likeness (QED) is 0.618. The Balaban J connectivity index is 3.49. The maximum absolute atomic E-state index is 11.1. The molecular formula is C11H21N3O. The molecule has 0 radical (unpaired) electrons. The van der Waals surface area contributed by atoms with E-state index in [1.54, 1.807) is 0 Å². The van der Waals surface area contributed by atoms with Crippen LogP contribution in [0.5, 0.6) is 0 Å². The van der Waals surface area contributed by atoms with Gasteiger partial charge >= 0.3 is 0 Å². The van der Waals surface area contributed by atoms with Crippen molar-refractivity contribution in [3.05, 3.63) is 0 Å². The molecule has 0 aromatic rings. The van der Waals surface area contributed by atoms with Crippen molar-refractivity contribution in [2.45, 2.75) is 39.7 Å². The van der Waals surface area contributed by atoms with E-state index in [9.17, 15) is 4.79 Å². The van der Waals surface area contributed by atoms with Gasteiger partial charge in [-0.25, -0.2) is 0 Å². The molecule has 1 unspecified atom stereocenters. The molecule has 4 nitrogen and oxygen atoms in total. The zero-order valence-corrected chi connectivity index (χ0v) is 9.84. The first-order valence-electron chi connectivity index (χ1n) is 5.43. The summed E-state index contributed by atoms with van der Waals surface area (Å²) >= 11 is 0. The number of carbonyl (C=O) groups is 1. The van der Waals surface area contributed by atoms with Gasteiger partial charge in [-0.2, -0.15) is 5.26 Å². The SMILES string of the molecule is CC(C)CCC(C)NCC(=O)NCC#N.